The molecule has 0 radical (unpaired) electrons. The number of aliphatic hydroxyl groups is 1. The van der Waals surface area contributed by atoms with Gasteiger partial charge >= 0.3 is 0 Å². The first-order valence-electron chi connectivity index (χ1n) is 7.02. The van der Waals surface area contributed by atoms with Gasteiger partial charge in [-0.25, -0.2) is 0 Å². The first-order chi connectivity index (χ1) is 8.83. The molecular weight excluding hydrogens is 244 g/mol. The van der Waals surface area contributed by atoms with Gasteiger partial charge in [0.2, 0.25) is 11.8 Å². The fraction of sp³-hybridized carbons (Fsp3) is 0.857. The molecule has 0 aliphatic rings. The number of nitrogens with one attached hydrogen (secondary N) is 1. The highest BCUT2D eigenvalue weighted by molar-refractivity contribution is 5.87. The molecule has 0 bridgehead atoms. The van der Waals surface area contributed by atoms with Crippen molar-refractivity contribution in [3.05, 3.63) is 0 Å². The second kappa shape index (κ2) is 8.91. The number of carbonyl (C=O) groups is 2. The van der Waals surface area contributed by atoms with Crippen LogP contribution in [0.5, 0.6) is 0 Å². The standard InChI is InChI=1S/C14H28N2O3/c1-6-16(7-8-17)14(19)13(11(4)5)15-12(18)9-10(2)3/h10-11,13,17H,6-9H2,1-5H3,(H,15,18)/t13-/m1/s1. The summed E-state index contributed by atoms with van der Waals surface area (Å²) in [5, 5.41) is 11.8. The van der Waals surface area contributed by atoms with Gasteiger partial charge in [0.15, 0.2) is 0 Å². The molecular formula is C14H28N2O3. The van der Waals surface area contributed by atoms with Gasteiger partial charge in [-0.15, -0.1) is 0 Å². The summed E-state index contributed by atoms with van der Waals surface area (Å²) >= 11 is 0. The molecule has 0 spiro atoms. The lowest BCUT2D eigenvalue weighted by Gasteiger charge is -2.28. The Morgan fingerprint density at radius 1 is 1.21 bits per heavy atom. The molecule has 2 N–H and O–H groups in total. The number of hydrogen-bond donors (Lipinski definition) is 2. The highest BCUT2D eigenvalue weighted by atomic mass is 16.3. The first kappa shape index (κ1) is 17.9. The maximum atomic E-state index is 12.3. The lowest BCUT2D eigenvalue weighted by Crippen LogP contribution is -2.52. The summed E-state index contributed by atoms with van der Waals surface area (Å²) in [6.07, 6.45) is 0.419. The number of aliphatic hydroxyl groups excluding tert-OH is 1. The maximum absolute atomic E-state index is 12.3. The average Bonchev–Trinajstić information content (AvgIpc) is 2.31. The van der Waals surface area contributed by atoms with Crippen LogP contribution in [0.25, 0.3) is 0 Å². The molecule has 1 atom stereocenters. The number of nitrogens with zero attached hydrogens (tertiary/aromatic N) is 1. The molecule has 19 heavy (non-hydrogen) atoms. The van der Waals surface area contributed by atoms with E-state index in [0.717, 1.165) is 0 Å². The van der Waals surface area contributed by atoms with E-state index in [2.05, 4.69) is 5.32 Å². The van der Waals surface area contributed by atoms with E-state index in [4.69, 9.17) is 5.11 Å². The van der Waals surface area contributed by atoms with E-state index in [1.807, 2.05) is 34.6 Å². The Bertz CT molecular complexity index is 290. The molecule has 0 fully saturated rings. The van der Waals surface area contributed by atoms with Gasteiger partial charge in [0.05, 0.1) is 6.61 Å². The van der Waals surface area contributed by atoms with Crippen molar-refractivity contribution < 1.29 is 14.7 Å². The zero-order chi connectivity index (χ0) is 15.0. The fourth-order valence-electron chi connectivity index (χ4n) is 1.86. The van der Waals surface area contributed by atoms with E-state index in [0.29, 0.717) is 19.5 Å². The zero-order valence-electron chi connectivity index (χ0n) is 12.8. The van der Waals surface area contributed by atoms with Gasteiger partial charge in [0.1, 0.15) is 6.04 Å². The minimum atomic E-state index is -0.516. The third-order valence-corrected chi connectivity index (χ3v) is 2.91. The van der Waals surface area contributed by atoms with Gasteiger partial charge in [-0.2, -0.15) is 0 Å². The second-order valence-corrected chi connectivity index (χ2v) is 5.53. The monoisotopic (exact) mass is 272 g/mol. The summed E-state index contributed by atoms with van der Waals surface area (Å²) in [4.78, 5) is 25.7. The summed E-state index contributed by atoms with van der Waals surface area (Å²) in [5.41, 5.74) is 0. The van der Waals surface area contributed by atoms with Crippen molar-refractivity contribution in [3.8, 4) is 0 Å². The number of carbonyl (C=O) groups excluding carboxylic acids is 2. The van der Waals surface area contributed by atoms with Gasteiger partial charge in [-0.3, -0.25) is 9.59 Å². The Hall–Kier alpha value is -1.10. The van der Waals surface area contributed by atoms with Crippen molar-refractivity contribution >= 4 is 11.8 Å². The first-order valence-corrected chi connectivity index (χ1v) is 7.02. The van der Waals surface area contributed by atoms with Crippen molar-refractivity contribution in [2.45, 2.75) is 47.1 Å². The molecule has 0 saturated heterocycles. The van der Waals surface area contributed by atoms with Crippen molar-refractivity contribution in [1.82, 2.24) is 10.2 Å². The van der Waals surface area contributed by atoms with E-state index in [9.17, 15) is 9.59 Å². The molecule has 0 aromatic rings. The van der Waals surface area contributed by atoms with Crippen LogP contribution in [0.2, 0.25) is 0 Å². The van der Waals surface area contributed by atoms with Gasteiger partial charge < -0.3 is 15.3 Å². The van der Waals surface area contributed by atoms with Crippen LogP contribution in [0.4, 0.5) is 0 Å². The topological polar surface area (TPSA) is 69.6 Å². The van der Waals surface area contributed by atoms with E-state index < -0.39 is 6.04 Å². The van der Waals surface area contributed by atoms with E-state index >= 15 is 0 Å². The molecule has 0 rings (SSSR count). The Balaban J connectivity index is 4.71. The molecule has 5 nitrogen and oxygen atoms in total. The van der Waals surface area contributed by atoms with Crippen LogP contribution in [0, 0.1) is 11.8 Å². The zero-order valence-corrected chi connectivity index (χ0v) is 12.8. The lowest BCUT2D eigenvalue weighted by molar-refractivity contribution is -0.138. The second-order valence-electron chi connectivity index (χ2n) is 5.53. The summed E-state index contributed by atoms with van der Waals surface area (Å²) < 4.78 is 0. The highest BCUT2D eigenvalue weighted by Gasteiger charge is 2.27. The molecule has 0 aliphatic carbocycles. The van der Waals surface area contributed by atoms with E-state index in [1.54, 1.807) is 4.90 Å². The molecule has 0 saturated carbocycles. The smallest absolute Gasteiger partial charge is 0.245 e. The van der Waals surface area contributed by atoms with Crippen LogP contribution < -0.4 is 5.32 Å². The molecule has 0 aromatic carbocycles. The molecule has 112 valence electrons. The van der Waals surface area contributed by atoms with Crippen LogP contribution >= 0.6 is 0 Å². The van der Waals surface area contributed by atoms with Gasteiger partial charge in [0, 0.05) is 19.5 Å². The highest BCUT2D eigenvalue weighted by Crippen LogP contribution is 2.08. The molecule has 5 heteroatoms. The number of likely N-dealkylation sites (N-methyl/N-ethyl adjacent to an activating group) is 1. The summed E-state index contributed by atoms with van der Waals surface area (Å²) in [7, 11) is 0. The quantitative estimate of drug-likeness (QED) is 0.693. The van der Waals surface area contributed by atoms with Crippen molar-refractivity contribution in [3.63, 3.8) is 0 Å². The molecule has 0 aliphatic heterocycles. The Morgan fingerprint density at radius 3 is 2.16 bits per heavy atom. The number of amides is 2. The van der Waals surface area contributed by atoms with Crippen LogP contribution in [0.3, 0.4) is 0 Å². The predicted molar refractivity (Wildman–Crippen MR) is 75.6 cm³/mol. The molecule has 0 heterocycles. The third-order valence-electron chi connectivity index (χ3n) is 2.91. The summed E-state index contributed by atoms with van der Waals surface area (Å²) in [6, 6.07) is -0.516. The SMILES string of the molecule is CCN(CCO)C(=O)[C@H](NC(=O)CC(C)C)C(C)C. The van der Waals surface area contributed by atoms with Crippen LogP contribution in [0.1, 0.15) is 41.0 Å². The van der Waals surface area contributed by atoms with Crippen LogP contribution in [-0.2, 0) is 9.59 Å². The van der Waals surface area contributed by atoms with Crippen molar-refractivity contribution in [2.24, 2.45) is 11.8 Å². The summed E-state index contributed by atoms with van der Waals surface area (Å²) in [5.74, 6) is 0.0738. The minimum Gasteiger partial charge on any atom is -0.395 e. The van der Waals surface area contributed by atoms with Gasteiger partial charge in [0.25, 0.3) is 0 Å². The van der Waals surface area contributed by atoms with Gasteiger partial charge in [-0.1, -0.05) is 27.7 Å². The lowest BCUT2D eigenvalue weighted by atomic mass is 10.0. The number of rotatable bonds is 8. The molecule has 2 amide bonds. The molecule has 0 unspecified atom stereocenters. The third kappa shape index (κ3) is 6.57. The van der Waals surface area contributed by atoms with Crippen LogP contribution in [-0.4, -0.2) is 47.6 Å². The van der Waals surface area contributed by atoms with Gasteiger partial charge in [-0.05, 0) is 18.8 Å². The fourth-order valence-corrected chi connectivity index (χ4v) is 1.86. The largest absolute Gasteiger partial charge is 0.395 e. The van der Waals surface area contributed by atoms with E-state index in [-0.39, 0.29) is 30.3 Å². The summed E-state index contributed by atoms with van der Waals surface area (Å²) in [6.45, 7) is 10.4. The maximum Gasteiger partial charge on any atom is 0.245 e. The number of hydrogen-bond acceptors (Lipinski definition) is 3. The normalized spacial score (nSPS) is 12.6. The molecule has 0 aromatic heterocycles. The van der Waals surface area contributed by atoms with Crippen LogP contribution in [0.15, 0.2) is 0 Å². The Morgan fingerprint density at radius 2 is 1.79 bits per heavy atom. The average molecular weight is 272 g/mol. The van der Waals surface area contributed by atoms with Crippen molar-refractivity contribution in [2.75, 3.05) is 19.7 Å². The predicted octanol–water partition coefficient (Wildman–Crippen LogP) is 1.01. The Labute approximate surface area is 116 Å². The van der Waals surface area contributed by atoms with E-state index in [1.165, 1.54) is 0 Å². The Kier molecular flexibility index (Phi) is 8.39. The van der Waals surface area contributed by atoms with Crippen molar-refractivity contribution in [1.29, 1.82) is 0 Å². The minimum absolute atomic E-state index is 0.0244.